The number of piperidine rings is 1. The summed E-state index contributed by atoms with van der Waals surface area (Å²) in [6.45, 7) is 5.84. The molecule has 5 atom stereocenters. The van der Waals surface area contributed by atoms with Gasteiger partial charge in [0.25, 0.3) is 0 Å². The minimum Gasteiger partial charge on any atom is -0.469 e. The van der Waals surface area contributed by atoms with Gasteiger partial charge in [-0.15, -0.1) is 0 Å². The van der Waals surface area contributed by atoms with Crippen molar-refractivity contribution >= 4 is 35.3 Å². The van der Waals surface area contributed by atoms with Crippen molar-refractivity contribution in [3.8, 4) is 0 Å². The second-order valence-corrected chi connectivity index (χ2v) is 13.9. The van der Waals surface area contributed by atoms with Crippen LogP contribution in [0.3, 0.4) is 0 Å². The molecule has 11 heteroatoms. The predicted octanol–water partition coefficient (Wildman–Crippen LogP) is 3.58. The Morgan fingerprint density at radius 1 is 1.11 bits per heavy atom. The summed E-state index contributed by atoms with van der Waals surface area (Å²) in [5.41, 5.74) is 7.35. The fraction of sp³-hybridized carbons (Fsp3) is 0.543. The molecule has 2 aromatic rings. The molecule has 3 amide bonds. The van der Waals surface area contributed by atoms with Gasteiger partial charge < -0.3 is 25.4 Å². The van der Waals surface area contributed by atoms with E-state index in [1.807, 2.05) is 30.3 Å². The second-order valence-electron chi connectivity index (χ2n) is 13.4. The van der Waals surface area contributed by atoms with Gasteiger partial charge in [0.05, 0.1) is 37.6 Å². The summed E-state index contributed by atoms with van der Waals surface area (Å²) < 4.78 is 10.9. The molecule has 2 aromatic carbocycles. The van der Waals surface area contributed by atoms with Crippen LogP contribution in [-0.2, 0) is 41.5 Å². The average Bonchev–Trinajstić information content (AvgIpc) is 3.60. The molecular weight excluding hydrogens is 608 g/mol. The van der Waals surface area contributed by atoms with Gasteiger partial charge in [-0.25, -0.2) is 0 Å². The van der Waals surface area contributed by atoms with Gasteiger partial charge >= 0.3 is 5.97 Å². The molecule has 2 fully saturated rings. The molecule has 3 N–H and O–H groups in total. The van der Waals surface area contributed by atoms with Crippen LogP contribution in [-0.4, -0.2) is 83.6 Å². The van der Waals surface area contributed by atoms with Crippen LogP contribution < -0.4 is 11.1 Å². The molecule has 3 aliphatic rings. The minimum atomic E-state index is -1.01. The number of carbonyl (C=O) groups excluding carboxylic acids is 4. The summed E-state index contributed by atoms with van der Waals surface area (Å²) in [4.78, 5) is 57.6. The Bertz CT molecular complexity index is 1460. The van der Waals surface area contributed by atoms with Crippen molar-refractivity contribution in [2.24, 2.45) is 11.7 Å². The first-order chi connectivity index (χ1) is 21.8. The van der Waals surface area contributed by atoms with E-state index in [4.69, 9.17) is 26.8 Å². The molecule has 0 spiro atoms. The van der Waals surface area contributed by atoms with Crippen molar-refractivity contribution in [2.75, 3.05) is 26.8 Å². The Morgan fingerprint density at radius 2 is 1.83 bits per heavy atom. The Morgan fingerprint density at radius 3 is 2.52 bits per heavy atom. The number of amides is 3. The quantitative estimate of drug-likeness (QED) is 0.396. The summed E-state index contributed by atoms with van der Waals surface area (Å²) in [6, 6.07) is 13.8. The van der Waals surface area contributed by atoms with Crippen LogP contribution in [0.5, 0.6) is 0 Å². The third kappa shape index (κ3) is 7.09. The average molecular weight is 653 g/mol. The molecule has 0 bridgehead atoms. The summed E-state index contributed by atoms with van der Waals surface area (Å²) in [5, 5.41) is 3.89. The highest BCUT2D eigenvalue weighted by atomic mass is 35.5. The standard InChI is InChI=1S/C35H45ClN4O6/c1-22(37)32(43)40-29(20-46-34(40,2)3)31(42)38-35(19-23-10-13-25(36)14-11-23)16-7-17-39(21-35)33(44)28(18-30(41)45-4)27-15-12-24-8-5-6-9-26(24)27/h5-6,8-11,13-14,22,27-29H,7,12,15-21,37H2,1-4H3,(H,38,42)/t22-,27+,28-,29-,35+/m0/s1. The molecule has 2 saturated heterocycles. The lowest BCUT2D eigenvalue weighted by Crippen LogP contribution is -2.65. The lowest BCUT2D eigenvalue weighted by molar-refractivity contribution is -0.151. The Labute approximate surface area is 275 Å². The highest BCUT2D eigenvalue weighted by Crippen LogP contribution is 2.41. The van der Waals surface area contributed by atoms with Gasteiger partial charge in [0.1, 0.15) is 11.8 Å². The van der Waals surface area contributed by atoms with E-state index in [2.05, 4.69) is 11.4 Å². The van der Waals surface area contributed by atoms with Crippen molar-refractivity contribution in [1.29, 1.82) is 0 Å². The molecule has 5 rings (SSSR count). The fourth-order valence-electron chi connectivity index (χ4n) is 7.49. The molecule has 0 unspecified atom stereocenters. The first-order valence-electron chi connectivity index (χ1n) is 16.1. The van der Waals surface area contributed by atoms with Gasteiger partial charge in [-0.3, -0.25) is 24.1 Å². The van der Waals surface area contributed by atoms with Crippen LogP contribution in [0.2, 0.25) is 5.02 Å². The predicted molar refractivity (Wildman–Crippen MR) is 174 cm³/mol. The van der Waals surface area contributed by atoms with Crippen LogP contribution in [0.1, 0.15) is 69.1 Å². The van der Waals surface area contributed by atoms with Gasteiger partial charge in [0.15, 0.2) is 0 Å². The van der Waals surface area contributed by atoms with E-state index in [1.54, 1.807) is 37.8 Å². The van der Waals surface area contributed by atoms with E-state index in [0.29, 0.717) is 30.8 Å². The van der Waals surface area contributed by atoms with E-state index < -0.39 is 35.2 Å². The number of hydrogen-bond acceptors (Lipinski definition) is 7. The van der Waals surface area contributed by atoms with Gasteiger partial charge in [0, 0.05) is 18.1 Å². The van der Waals surface area contributed by atoms with Crippen molar-refractivity contribution in [2.45, 2.75) is 88.6 Å². The van der Waals surface area contributed by atoms with E-state index in [1.165, 1.54) is 17.6 Å². The maximum absolute atomic E-state index is 14.5. The molecule has 1 aliphatic carbocycles. The number of fused-ring (bicyclic) bond motifs is 1. The number of benzene rings is 2. The summed E-state index contributed by atoms with van der Waals surface area (Å²) in [5.74, 6) is -2.00. The smallest absolute Gasteiger partial charge is 0.306 e. The molecule has 0 radical (unpaired) electrons. The first-order valence-corrected chi connectivity index (χ1v) is 16.4. The number of aryl methyl sites for hydroxylation is 1. The molecule has 0 saturated carbocycles. The van der Waals surface area contributed by atoms with Crippen molar-refractivity contribution in [3.63, 3.8) is 0 Å². The number of rotatable bonds is 9. The van der Waals surface area contributed by atoms with Crippen LogP contribution in [0.4, 0.5) is 0 Å². The van der Waals surface area contributed by atoms with Gasteiger partial charge in [-0.1, -0.05) is 48.0 Å². The van der Waals surface area contributed by atoms with Crippen LogP contribution in [0, 0.1) is 5.92 Å². The normalized spacial score (nSPS) is 25.0. The van der Waals surface area contributed by atoms with E-state index in [9.17, 15) is 19.2 Å². The number of methoxy groups -OCH3 is 1. The highest BCUT2D eigenvalue weighted by Gasteiger charge is 2.50. The Balaban J connectivity index is 1.45. The monoisotopic (exact) mass is 652 g/mol. The molecule has 2 aliphatic heterocycles. The number of nitrogens with one attached hydrogen (secondary N) is 1. The first kappa shape index (κ1) is 33.9. The maximum Gasteiger partial charge on any atom is 0.306 e. The number of nitrogens with two attached hydrogens (primary N) is 1. The fourth-order valence-corrected chi connectivity index (χ4v) is 7.61. The van der Waals surface area contributed by atoms with E-state index >= 15 is 0 Å². The number of ether oxygens (including phenoxy) is 2. The van der Waals surface area contributed by atoms with Gasteiger partial charge in [-0.05, 0) is 87.6 Å². The van der Waals surface area contributed by atoms with Gasteiger partial charge in [0.2, 0.25) is 17.7 Å². The van der Waals surface area contributed by atoms with Crippen molar-refractivity contribution in [3.05, 3.63) is 70.2 Å². The van der Waals surface area contributed by atoms with Crippen molar-refractivity contribution in [1.82, 2.24) is 15.1 Å². The number of likely N-dealkylation sites (tertiary alicyclic amines) is 1. The lowest BCUT2D eigenvalue weighted by Gasteiger charge is -2.46. The largest absolute Gasteiger partial charge is 0.469 e. The SMILES string of the molecule is COC(=O)C[C@H](C(=O)N1CCC[C@](Cc2ccc(Cl)cc2)(NC(=O)[C@@H]2COC(C)(C)N2C(=O)[C@H](C)N)C1)[C@@H]1CCc2ccccc21. The molecule has 46 heavy (non-hydrogen) atoms. The van der Waals surface area contributed by atoms with Crippen LogP contribution in [0.25, 0.3) is 0 Å². The number of halogens is 1. The van der Waals surface area contributed by atoms with E-state index in [0.717, 1.165) is 24.0 Å². The zero-order chi connectivity index (χ0) is 33.2. The number of nitrogens with zero attached hydrogens (tertiary/aromatic N) is 2. The summed E-state index contributed by atoms with van der Waals surface area (Å²) in [6.07, 6.45) is 3.28. The highest BCUT2D eigenvalue weighted by molar-refractivity contribution is 6.30. The maximum atomic E-state index is 14.5. The summed E-state index contributed by atoms with van der Waals surface area (Å²) in [7, 11) is 1.34. The lowest BCUT2D eigenvalue weighted by atomic mass is 9.80. The number of esters is 1. The number of carbonyl (C=O) groups is 4. The van der Waals surface area contributed by atoms with E-state index in [-0.39, 0.29) is 43.2 Å². The topological polar surface area (TPSA) is 131 Å². The Kier molecular flexibility index (Phi) is 10.1. The minimum absolute atomic E-state index is 0.0236. The molecule has 248 valence electrons. The van der Waals surface area contributed by atoms with Gasteiger partial charge in [-0.2, -0.15) is 0 Å². The van der Waals surface area contributed by atoms with Crippen molar-refractivity contribution < 1.29 is 28.7 Å². The molecular formula is C35H45ClN4O6. The molecule has 0 aromatic heterocycles. The zero-order valence-corrected chi connectivity index (χ0v) is 27.8. The Hall–Kier alpha value is -3.47. The second kappa shape index (κ2) is 13.7. The van der Waals surface area contributed by atoms with Crippen LogP contribution in [0.15, 0.2) is 48.5 Å². The summed E-state index contributed by atoms with van der Waals surface area (Å²) >= 11 is 6.19. The third-order valence-electron chi connectivity index (χ3n) is 9.74. The number of hydrogen-bond donors (Lipinski definition) is 2. The molecule has 2 heterocycles. The third-order valence-corrected chi connectivity index (χ3v) is 10.00. The zero-order valence-electron chi connectivity index (χ0n) is 27.1. The van der Waals surface area contributed by atoms with Crippen LogP contribution >= 0.6 is 11.6 Å². The molecule has 10 nitrogen and oxygen atoms in total.